The number of hydrogen-bond acceptors (Lipinski definition) is 4. The van der Waals surface area contributed by atoms with E-state index in [0.29, 0.717) is 12.1 Å². The second-order valence-corrected chi connectivity index (χ2v) is 6.88. The summed E-state index contributed by atoms with van der Waals surface area (Å²) >= 11 is 1.51. The first-order valence-corrected chi connectivity index (χ1v) is 7.94. The van der Waals surface area contributed by atoms with E-state index < -0.39 is 0 Å². The SMILES string of the molecule is Cc1nc(C(=O)N2CCC3(CCC(=O)NC3)CC2)cs1. The fourth-order valence-corrected chi connectivity index (χ4v) is 3.66. The summed E-state index contributed by atoms with van der Waals surface area (Å²) in [6.45, 7) is 4.22. The third-order valence-electron chi connectivity index (χ3n) is 4.49. The summed E-state index contributed by atoms with van der Waals surface area (Å²) in [7, 11) is 0. The Kier molecular flexibility index (Phi) is 3.50. The number of amides is 2. The molecule has 2 amide bonds. The molecule has 0 saturated carbocycles. The van der Waals surface area contributed by atoms with Crippen molar-refractivity contribution in [2.45, 2.75) is 32.6 Å². The van der Waals surface area contributed by atoms with Crippen molar-refractivity contribution in [1.29, 1.82) is 0 Å². The van der Waals surface area contributed by atoms with E-state index in [4.69, 9.17) is 0 Å². The zero-order chi connectivity index (χ0) is 14.2. The molecule has 0 bridgehead atoms. The quantitative estimate of drug-likeness (QED) is 0.855. The summed E-state index contributed by atoms with van der Waals surface area (Å²) in [6, 6.07) is 0. The van der Waals surface area contributed by atoms with Gasteiger partial charge in [-0.1, -0.05) is 0 Å². The summed E-state index contributed by atoms with van der Waals surface area (Å²) in [5, 5.41) is 5.73. The van der Waals surface area contributed by atoms with Gasteiger partial charge in [-0.25, -0.2) is 4.98 Å². The highest BCUT2D eigenvalue weighted by Crippen LogP contribution is 2.37. The lowest BCUT2D eigenvalue weighted by Gasteiger charge is -2.43. The third-order valence-corrected chi connectivity index (χ3v) is 5.27. The topological polar surface area (TPSA) is 62.3 Å². The van der Waals surface area contributed by atoms with Gasteiger partial charge < -0.3 is 10.2 Å². The van der Waals surface area contributed by atoms with E-state index in [1.165, 1.54) is 11.3 Å². The van der Waals surface area contributed by atoms with Crippen LogP contribution in [0.1, 0.15) is 41.2 Å². The van der Waals surface area contributed by atoms with Gasteiger partial charge in [0.2, 0.25) is 5.91 Å². The number of nitrogens with zero attached hydrogens (tertiary/aromatic N) is 2. The molecule has 3 rings (SSSR count). The molecule has 2 saturated heterocycles. The van der Waals surface area contributed by atoms with Gasteiger partial charge in [-0.3, -0.25) is 9.59 Å². The van der Waals surface area contributed by atoms with Crippen molar-refractivity contribution in [3.05, 3.63) is 16.1 Å². The van der Waals surface area contributed by atoms with Gasteiger partial charge in [0.15, 0.2) is 0 Å². The molecule has 2 aliphatic heterocycles. The van der Waals surface area contributed by atoms with Crippen LogP contribution in [0.25, 0.3) is 0 Å². The fraction of sp³-hybridized carbons (Fsp3) is 0.643. The maximum Gasteiger partial charge on any atom is 0.273 e. The lowest BCUT2D eigenvalue weighted by molar-refractivity contribution is -0.125. The smallest absolute Gasteiger partial charge is 0.273 e. The Bertz CT molecular complexity index is 520. The Morgan fingerprint density at radius 1 is 1.40 bits per heavy atom. The van der Waals surface area contributed by atoms with Crippen molar-refractivity contribution in [3.8, 4) is 0 Å². The predicted molar refractivity (Wildman–Crippen MR) is 76.7 cm³/mol. The van der Waals surface area contributed by atoms with Crippen LogP contribution >= 0.6 is 11.3 Å². The van der Waals surface area contributed by atoms with Gasteiger partial charge >= 0.3 is 0 Å². The van der Waals surface area contributed by atoms with Gasteiger partial charge in [0, 0.05) is 31.4 Å². The van der Waals surface area contributed by atoms with E-state index in [-0.39, 0.29) is 17.2 Å². The van der Waals surface area contributed by atoms with Crippen LogP contribution in [-0.2, 0) is 4.79 Å². The van der Waals surface area contributed by atoms with Crippen LogP contribution in [-0.4, -0.2) is 41.3 Å². The van der Waals surface area contributed by atoms with Gasteiger partial charge in [0.25, 0.3) is 5.91 Å². The zero-order valence-electron chi connectivity index (χ0n) is 11.6. The van der Waals surface area contributed by atoms with E-state index in [1.807, 2.05) is 17.2 Å². The highest BCUT2D eigenvalue weighted by Gasteiger charge is 2.38. The molecule has 1 aromatic heterocycles. The Morgan fingerprint density at radius 2 is 2.15 bits per heavy atom. The third kappa shape index (κ3) is 2.57. The number of hydrogen-bond donors (Lipinski definition) is 1. The number of nitrogens with one attached hydrogen (secondary N) is 1. The van der Waals surface area contributed by atoms with Gasteiger partial charge in [0.1, 0.15) is 5.69 Å². The monoisotopic (exact) mass is 293 g/mol. The molecule has 3 heterocycles. The zero-order valence-corrected chi connectivity index (χ0v) is 12.5. The number of piperidine rings is 2. The number of likely N-dealkylation sites (tertiary alicyclic amines) is 1. The molecule has 0 aromatic carbocycles. The Morgan fingerprint density at radius 3 is 2.70 bits per heavy atom. The summed E-state index contributed by atoms with van der Waals surface area (Å²) in [4.78, 5) is 29.8. The largest absolute Gasteiger partial charge is 0.356 e. The molecular formula is C14H19N3O2S. The molecule has 0 atom stereocenters. The average Bonchev–Trinajstić information content (AvgIpc) is 2.89. The number of aryl methyl sites for hydroxylation is 1. The van der Waals surface area contributed by atoms with Gasteiger partial charge in [-0.05, 0) is 31.6 Å². The minimum Gasteiger partial charge on any atom is -0.356 e. The van der Waals surface area contributed by atoms with E-state index in [9.17, 15) is 9.59 Å². The van der Waals surface area contributed by atoms with E-state index in [0.717, 1.165) is 43.9 Å². The van der Waals surface area contributed by atoms with Crippen molar-refractivity contribution in [3.63, 3.8) is 0 Å². The van der Waals surface area contributed by atoms with Crippen LogP contribution in [0.3, 0.4) is 0 Å². The van der Waals surface area contributed by atoms with Crippen LogP contribution in [0.4, 0.5) is 0 Å². The minimum absolute atomic E-state index is 0.0454. The maximum absolute atomic E-state index is 12.3. The van der Waals surface area contributed by atoms with E-state index >= 15 is 0 Å². The van der Waals surface area contributed by atoms with Crippen molar-refractivity contribution in [1.82, 2.24) is 15.2 Å². The van der Waals surface area contributed by atoms with Crippen molar-refractivity contribution in [2.24, 2.45) is 5.41 Å². The molecule has 2 fully saturated rings. The maximum atomic E-state index is 12.3. The van der Waals surface area contributed by atoms with Crippen LogP contribution in [0.15, 0.2) is 5.38 Å². The van der Waals surface area contributed by atoms with E-state index in [2.05, 4.69) is 10.3 Å². The van der Waals surface area contributed by atoms with E-state index in [1.54, 1.807) is 0 Å². The van der Waals surface area contributed by atoms with Crippen molar-refractivity contribution < 1.29 is 9.59 Å². The standard InChI is InChI=1S/C14H19N3O2S/c1-10-16-11(8-20-10)13(19)17-6-4-14(5-7-17)3-2-12(18)15-9-14/h8H,2-7,9H2,1H3,(H,15,18). The minimum atomic E-state index is 0.0454. The average molecular weight is 293 g/mol. The van der Waals surface area contributed by atoms with Crippen molar-refractivity contribution in [2.75, 3.05) is 19.6 Å². The molecule has 108 valence electrons. The first-order chi connectivity index (χ1) is 9.58. The molecule has 20 heavy (non-hydrogen) atoms. The van der Waals surface area contributed by atoms with Gasteiger partial charge in [-0.15, -0.1) is 11.3 Å². The van der Waals surface area contributed by atoms with Crippen LogP contribution in [0.5, 0.6) is 0 Å². The molecule has 0 radical (unpaired) electrons. The Balaban J connectivity index is 1.61. The first-order valence-electron chi connectivity index (χ1n) is 7.06. The summed E-state index contributed by atoms with van der Waals surface area (Å²) in [6.07, 6.45) is 3.53. The van der Waals surface area contributed by atoms with Crippen LogP contribution < -0.4 is 5.32 Å². The fourth-order valence-electron chi connectivity index (χ4n) is 3.08. The van der Waals surface area contributed by atoms with Gasteiger partial charge in [0.05, 0.1) is 5.01 Å². The Labute approximate surface area is 122 Å². The molecule has 6 heteroatoms. The Hall–Kier alpha value is -1.43. The second kappa shape index (κ2) is 5.16. The lowest BCUT2D eigenvalue weighted by Crippen LogP contribution is -2.50. The lowest BCUT2D eigenvalue weighted by atomic mass is 9.73. The highest BCUT2D eigenvalue weighted by molar-refractivity contribution is 7.09. The number of carbonyl (C=O) groups excluding carboxylic acids is 2. The molecule has 1 aromatic rings. The molecule has 1 N–H and O–H groups in total. The van der Waals surface area contributed by atoms with Crippen LogP contribution in [0.2, 0.25) is 0 Å². The molecule has 0 aliphatic carbocycles. The van der Waals surface area contributed by atoms with Crippen molar-refractivity contribution >= 4 is 23.2 Å². The molecule has 5 nitrogen and oxygen atoms in total. The predicted octanol–water partition coefficient (Wildman–Crippen LogP) is 1.58. The number of rotatable bonds is 1. The second-order valence-electron chi connectivity index (χ2n) is 5.82. The highest BCUT2D eigenvalue weighted by atomic mass is 32.1. The molecule has 2 aliphatic rings. The first kappa shape index (κ1) is 13.5. The van der Waals surface area contributed by atoms with Gasteiger partial charge in [-0.2, -0.15) is 0 Å². The number of thiazole rings is 1. The number of carbonyl (C=O) groups is 2. The summed E-state index contributed by atoms with van der Waals surface area (Å²) < 4.78 is 0. The molecule has 0 unspecified atom stereocenters. The molecule has 1 spiro atoms. The summed E-state index contributed by atoms with van der Waals surface area (Å²) in [5.41, 5.74) is 0.781. The van der Waals surface area contributed by atoms with Crippen LogP contribution in [0, 0.1) is 12.3 Å². The summed E-state index contributed by atoms with van der Waals surface area (Å²) in [5.74, 6) is 0.205. The number of aromatic nitrogens is 1. The molecular weight excluding hydrogens is 274 g/mol. The normalized spacial score (nSPS) is 21.9.